The van der Waals surface area contributed by atoms with E-state index in [0.29, 0.717) is 5.56 Å². The summed E-state index contributed by atoms with van der Waals surface area (Å²) >= 11 is 0. The quantitative estimate of drug-likeness (QED) is 0.909. The molecule has 19 heavy (non-hydrogen) atoms. The Labute approximate surface area is 112 Å². The average molecular weight is 253 g/mol. The molecule has 0 fully saturated rings. The first kappa shape index (κ1) is 12.9. The van der Waals surface area contributed by atoms with E-state index in [4.69, 9.17) is 4.74 Å². The van der Waals surface area contributed by atoms with Gasteiger partial charge in [0.2, 0.25) is 0 Å². The molecule has 2 aromatic rings. The third kappa shape index (κ3) is 3.71. The van der Waals surface area contributed by atoms with Gasteiger partial charge >= 0.3 is 0 Å². The highest BCUT2D eigenvalue weighted by molar-refractivity contribution is 5.95. The van der Waals surface area contributed by atoms with Crippen molar-refractivity contribution in [2.24, 2.45) is 0 Å². The number of ether oxygens (including phenoxy) is 1. The van der Waals surface area contributed by atoms with Crippen LogP contribution in [0.2, 0.25) is 0 Å². The Balaban J connectivity index is 1.95. The van der Waals surface area contributed by atoms with E-state index in [-0.39, 0.29) is 5.91 Å². The fourth-order valence-corrected chi connectivity index (χ4v) is 1.60. The predicted octanol–water partition coefficient (Wildman–Crippen LogP) is 3.10. The van der Waals surface area contributed by atoms with Crippen molar-refractivity contribution in [3.63, 3.8) is 0 Å². The fraction of sp³-hybridized carbons (Fsp3) is 0.0625. The minimum atomic E-state index is -0.144. The highest BCUT2D eigenvalue weighted by atomic mass is 16.5. The van der Waals surface area contributed by atoms with Crippen LogP contribution in [0.1, 0.15) is 15.9 Å². The fourth-order valence-electron chi connectivity index (χ4n) is 1.60. The lowest BCUT2D eigenvalue weighted by Crippen LogP contribution is -2.16. The smallest absolute Gasteiger partial charge is 0.255 e. The van der Waals surface area contributed by atoms with E-state index in [0.717, 1.165) is 11.3 Å². The first-order chi connectivity index (χ1) is 9.29. The van der Waals surface area contributed by atoms with Crippen LogP contribution in [0, 0.1) is 0 Å². The zero-order chi connectivity index (χ0) is 13.5. The summed E-state index contributed by atoms with van der Waals surface area (Å²) in [6.45, 7) is 0. The van der Waals surface area contributed by atoms with Gasteiger partial charge in [-0.1, -0.05) is 30.3 Å². The molecule has 0 atom stereocenters. The highest BCUT2D eigenvalue weighted by Crippen LogP contribution is 2.11. The lowest BCUT2D eigenvalue weighted by Gasteiger charge is -2.02. The maximum Gasteiger partial charge on any atom is 0.255 e. The average Bonchev–Trinajstić information content (AvgIpc) is 2.48. The minimum Gasteiger partial charge on any atom is -0.497 e. The molecule has 0 aromatic heterocycles. The van der Waals surface area contributed by atoms with Gasteiger partial charge in [-0.15, -0.1) is 0 Å². The molecule has 0 saturated carbocycles. The SMILES string of the molecule is COc1ccc(C(=O)N/C=C/c2ccccc2)cc1. The van der Waals surface area contributed by atoms with E-state index in [1.165, 1.54) is 0 Å². The number of hydrogen-bond donors (Lipinski definition) is 1. The summed E-state index contributed by atoms with van der Waals surface area (Å²) in [4.78, 5) is 11.8. The summed E-state index contributed by atoms with van der Waals surface area (Å²) in [6.07, 6.45) is 3.49. The molecule has 0 radical (unpaired) electrons. The van der Waals surface area contributed by atoms with Gasteiger partial charge in [-0.25, -0.2) is 0 Å². The van der Waals surface area contributed by atoms with Crippen molar-refractivity contribution < 1.29 is 9.53 Å². The van der Waals surface area contributed by atoms with Crippen LogP contribution in [0.3, 0.4) is 0 Å². The van der Waals surface area contributed by atoms with Crippen LogP contribution in [0.15, 0.2) is 60.8 Å². The van der Waals surface area contributed by atoms with Gasteiger partial charge in [0, 0.05) is 11.8 Å². The van der Waals surface area contributed by atoms with Gasteiger partial charge < -0.3 is 10.1 Å². The lowest BCUT2D eigenvalue weighted by atomic mass is 10.2. The lowest BCUT2D eigenvalue weighted by molar-refractivity contribution is 0.0970. The molecule has 1 N–H and O–H groups in total. The van der Waals surface area contributed by atoms with Crippen LogP contribution >= 0.6 is 0 Å². The standard InChI is InChI=1S/C16H15NO2/c1-19-15-9-7-14(8-10-15)16(18)17-12-11-13-5-3-2-4-6-13/h2-12H,1H3,(H,17,18)/b12-11+. The number of carbonyl (C=O) groups excluding carboxylic acids is 1. The largest absolute Gasteiger partial charge is 0.497 e. The molecule has 0 aliphatic heterocycles. The molecule has 3 nitrogen and oxygen atoms in total. The van der Waals surface area contributed by atoms with E-state index in [1.54, 1.807) is 37.6 Å². The van der Waals surface area contributed by atoms with E-state index < -0.39 is 0 Å². The number of methoxy groups -OCH3 is 1. The van der Waals surface area contributed by atoms with Crippen LogP contribution in [-0.4, -0.2) is 13.0 Å². The van der Waals surface area contributed by atoms with E-state index >= 15 is 0 Å². The van der Waals surface area contributed by atoms with Crippen molar-refractivity contribution in [3.8, 4) is 5.75 Å². The summed E-state index contributed by atoms with van der Waals surface area (Å²) < 4.78 is 5.04. The highest BCUT2D eigenvalue weighted by Gasteiger charge is 2.02. The maximum atomic E-state index is 11.8. The van der Waals surface area contributed by atoms with Gasteiger partial charge in [-0.3, -0.25) is 4.79 Å². The number of hydrogen-bond acceptors (Lipinski definition) is 2. The van der Waals surface area contributed by atoms with Crippen LogP contribution in [0.25, 0.3) is 6.08 Å². The van der Waals surface area contributed by atoms with Crippen molar-refractivity contribution in [2.75, 3.05) is 7.11 Å². The van der Waals surface area contributed by atoms with Crippen LogP contribution < -0.4 is 10.1 Å². The second kappa shape index (κ2) is 6.40. The number of rotatable bonds is 4. The third-order valence-electron chi connectivity index (χ3n) is 2.64. The molecule has 2 rings (SSSR count). The number of nitrogens with one attached hydrogen (secondary N) is 1. The Bertz CT molecular complexity index is 559. The molecule has 3 heteroatoms. The Morgan fingerprint density at radius 2 is 1.74 bits per heavy atom. The molecule has 0 unspecified atom stereocenters. The van der Waals surface area contributed by atoms with Gasteiger partial charge in [0.25, 0.3) is 5.91 Å². The number of amides is 1. The minimum absolute atomic E-state index is 0.144. The third-order valence-corrected chi connectivity index (χ3v) is 2.64. The van der Waals surface area contributed by atoms with E-state index in [2.05, 4.69) is 5.32 Å². The van der Waals surface area contributed by atoms with Crippen LogP contribution in [0.5, 0.6) is 5.75 Å². The predicted molar refractivity (Wildman–Crippen MR) is 75.9 cm³/mol. The maximum absolute atomic E-state index is 11.8. The Morgan fingerprint density at radius 3 is 2.37 bits per heavy atom. The Hall–Kier alpha value is -2.55. The van der Waals surface area contributed by atoms with Gasteiger partial charge in [0.1, 0.15) is 5.75 Å². The van der Waals surface area contributed by atoms with Crippen molar-refractivity contribution in [3.05, 3.63) is 71.9 Å². The van der Waals surface area contributed by atoms with Crippen LogP contribution in [-0.2, 0) is 0 Å². The van der Waals surface area contributed by atoms with Gasteiger partial charge in [-0.05, 0) is 35.9 Å². The van der Waals surface area contributed by atoms with Gasteiger partial charge in [-0.2, -0.15) is 0 Å². The topological polar surface area (TPSA) is 38.3 Å². The van der Waals surface area contributed by atoms with Gasteiger partial charge in [0.15, 0.2) is 0 Å². The zero-order valence-electron chi connectivity index (χ0n) is 10.7. The monoisotopic (exact) mass is 253 g/mol. The van der Waals surface area contributed by atoms with Crippen molar-refractivity contribution in [2.45, 2.75) is 0 Å². The molecule has 0 heterocycles. The molecule has 0 bridgehead atoms. The first-order valence-electron chi connectivity index (χ1n) is 5.96. The summed E-state index contributed by atoms with van der Waals surface area (Å²) in [7, 11) is 1.59. The molecule has 0 aliphatic rings. The molecule has 0 aliphatic carbocycles. The summed E-state index contributed by atoms with van der Waals surface area (Å²) in [6, 6.07) is 16.8. The molecule has 0 spiro atoms. The second-order valence-electron chi connectivity index (χ2n) is 3.95. The second-order valence-corrected chi connectivity index (χ2v) is 3.95. The zero-order valence-corrected chi connectivity index (χ0v) is 10.7. The summed E-state index contributed by atoms with van der Waals surface area (Å²) in [5.41, 5.74) is 1.64. The Morgan fingerprint density at radius 1 is 1.05 bits per heavy atom. The first-order valence-corrected chi connectivity index (χ1v) is 5.96. The molecule has 1 amide bonds. The summed E-state index contributed by atoms with van der Waals surface area (Å²) in [5, 5.41) is 2.72. The molecular weight excluding hydrogens is 238 g/mol. The number of carbonyl (C=O) groups is 1. The van der Waals surface area contributed by atoms with Crippen molar-refractivity contribution >= 4 is 12.0 Å². The van der Waals surface area contributed by atoms with Gasteiger partial charge in [0.05, 0.1) is 7.11 Å². The van der Waals surface area contributed by atoms with Crippen molar-refractivity contribution in [1.82, 2.24) is 5.32 Å². The van der Waals surface area contributed by atoms with Crippen LogP contribution in [0.4, 0.5) is 0 Å². The van der Waals surface area contributed by atoms with E-state index in [1.807, 2.05) is 36.4 Å². The molecule has 2 aromatic carbocycles. The molecule has 0 saturated heterocycles. The number of benzene rings is 2. The summed E-state index contributed by atoms with van der Waals surface area (Å²) in [5.74, 6) is 0.589. The molecular formula is C16H15NO2. The normalized spacial score (nSPS) is 10.4. The van der Waals surface area contributed by atoms with E-state index in [9.17, 15) is 4.79 Å². The Kier molecular flexibility index (Phi) is 4.34. The van der Waals surface area contributed by atoms with Crippen molar-refractivity contribution in [1.29, 1.82) is 0 Å². The molecule has 96 valence electrons.